The van der Waals surface area contributed by atoms with Gasteiger partial charge in [-0.3, -0.25) is 4.79 Å². The van der Waals surface area contributed by atoms with Crippen LogP contribution in [0.1, 0.15) is 112 Å². The van der Waals surface area contributed by atoms with Crippen molar-refractivity contribution in [1.29, 1.82) is 0 Å². The highest BCUT2D eigenvalue weighted by Crippen LogP contribution is 2.75. The van der Waals surface area contributed by atoms with Crippen LogP contribution in [-0.4, -0.2) is 83.1 Å². The van der Waals surface area contributed by atoms with Crippen molar-refractivity contribution in [3.05, 3.63) is 71.8 Å². The number of nitrogen functional groups attached to an aromatic ring is 1. The predicted molar refractivity (Wildman–Crippen MR) is 240 cm³/mol. The van der Waals surface area contributed by atoms with Gasteiger partial charge >= 0.3 is 0 Å². The van der Waals surface area contributed by atoms with Gasteiger partial charge in [0.25, 0.3) is 0 Å². The Balaban J connectivity index is 1.23. The monoisotopic (exact) mass is 862 g/mol. The summed E-state index contributed by atoms with van der Waals surface area (Å²) in [5.41, 5.74) is 6.55. The molecule has 11 heteroatoms. The molecule has 7 rings (SSSR count). The number of amides is 1. The highest BCUT2D eigenvalue weighted by Gasteiger charge is 2.70. The summed E-state index contributed by atoms with van der Waals surface area (Å²) in [5.74, 6) is 0.833. The van der Waals surface area contributed by atoms with Gasteiger partial charge in [0.1, 0.15) is 0 Å². The van der Waals surface area contributed by atoms with E-state index in [1.54, 1.807) is 12.1 Å². The molecule has 0 spiro atoms. The third kappa shape index (κ3) is 7.52. The van der Waals surface area contributed by atoms with Gasteiger partial charge in [-0.2, -0.15) is 4.31 Å². The number of nitrogens with two attached hydrogens (primary N) is 1. The number of fused-ring (bicyclic) bond motifs is 7. The maximum atomic E-state index is 15.5. The number of hydrogen-bond acceptors (Lipinski definition) is 8. The second-order valence-electron chi connectivity index (χ2n) is 21.8. The SMILES string of the molecule is CC(C)CN(C[C@@H](O)[C@H](Cc1ccccc1)NC(=O)[C@]12CC[C@@H](C)[C@H](C)[C@H]1C1=CC[C@@H]3[C@@]4(C)C[C@@H](O)[C@H](O)[C@@](C)(CO)[C@@H]4CC[C@@]3(C)[C@]1(C)CC2)S(=O)(=O)c1ccc(N)cc1. The van der Waals surface area contributed by atoms with Crippen molar-refractivity contribution in [2.75, 3.05) is 25.4 Å². The van der Waals surface area contributed by atoms with Gasteiger partial charge in [-0.25, -0.2) is 8.42 Å². The molecule has 0 aliphatic heterocycles. The molecular weight excluding hydrogens is 787 g/mol. The van der Waals surface area contributed by atoms with Crippen LogP contribution in [-0.2, 0) is 21.2 Å². The fourth-order valence-electron chi connectivity index (χ4n) is 14.3. The van der Waals surface area contributed by atoms with E-state index in [1.807, 2.05) is 51.1 Å². The summed E-state index contributed by atoms with van der Waals surface area (Å²) in [7, 11) is -4.00. The molecule has 14 atom stereocenters. The van der Waals surface area contributed by atoms with E-state index in [0.29, 0.717) is 30.9 Å². The lowest BCUT2D eigenvalue weighted by molar-refractivity contribution is -0.243. The molecule has 5 aliphatic rings. The second kappa shape index (κ2) is 16.6. The van der Waals surface area contributed by atoms with E-state index in [4.69, 9.17) is 5.73 Å². The van der Waals surface area contributed by atoms with E-state index in [9.17, 15) is 28.8 Å². The van der Waals surface area contributed by atoms with Gasteiger partial charge in [-0.15, -0.1) is 0 Å². The van der Waals surface area contributed by atoms with Crippen LogP contribution in [0.2, 0.25) is 0 Å². The molecule has 0 bridgehead atoms. The minimum absolute atomic E-state index is 0.0161. The van der Waals surface area contributed by atoms with Crippen LogP contribution in [0, 0.1) is 62.6 Å². The van der Waals surface area contributed by atoms with Crippen molar-refractivity contribution < 1.29 is 33.6 Å². The Kier molecular flexibility index (Phi) is 12.6. The number of aliphatic hydroxyl groups excluding tert-OH is 4. The largest absolute Gasteiger partial charge is 0.399 e. The first-order valence-corrected chi connectivity index (χ1v) is 24.6. The highest BCUT2D eigenvalue weighted by atomic mass is 32.2. The molecular formula is C50H75N3O7S. The fourth-order valence-corrected chi connectivity index (χ4v) is 15.9. The molecule has 0 aromatic heterocycles. The molecule has 2 aromatic rings. The van der Waals surface area contributed by atoms with E-state index in [0.717, 1.165) is 44.1 Å². The number of carbonyl (C=O) groups is 1. The Morgan fingerprint density at radius 1 is 0.918 bits per heavy atom. The number of benzene rings is 2. The standard InChI is InChI=1S/C50H75N3O7S/c1-31(2)28-53(61(59,60)36-16-14-35(51)15-17-36)29-40(56)38(26-34-12-10-9-11-13-34)52-45(58)50-23-20-32(3)33(4)43(50)37-18-19-42-46(5)27-39(55)44(57)47(6,30-54)41(46)21-22-49(42,8)48(37,7)24-25-50/h9-18,31-33,38-44,54-57H,19-30,51H2,1-8H3,(H,52,58)/t32-,33+,38+,39-,40-,41-,42-,43+,44+,46+,47+,48-,49-,50+/m1/s1. The van der Waals surface area contributed by atoms with E-state index in [-0.39, 0.29) is 76.3 Å². The summed E-state index contributed by atoms with van der Waals surface area (Å²) in [6.45, 7) is 17.5. The quantitative estimate of drug-likeness (QED) is 0.0982. The third-order valence-corrected chi connectivity index (χ3v) is 19.9. The van der Waals surface area contributed by atoms with Gasteiger partial charge in [-0.05, 0) is 139 Å². The maximum Gasteiger partial charge on any atom is 0.243 e. The summed E-state index contributed by atoms with van der Waals surface area (Å²) in [6, 6.07) is 15.2. The number of anilines is 1. The van der Waals surface area contributed by atoms with Crippen molar-refractivity contribution in [3.8, 4) is 0 Å². The zero-order valence-electron chi connectivity index (χ0n) is 38.0. The number of carbonyl (C=O) groups excluding carboxylic acids is 1. The Hall–Kier alpha value is -2.80. The summed E-state index contributed by atoms with van der Waals surface area (Å²) in [4.78, 5) is 15.6. The van der Waals surface area contributed by atoms with E-state index >= 15 is 4.79 Å². The van der Waals surface area contributed by atoms with Crippen molar-refractivity contribution in [1.82, 2.24) is 9.62 Å². The maximum absolute atomic E-state index is 15.5. The van der Waals surface area contributed by atoms with Gasteiger partial charge in [-0.1, -0.05) is 97.4 Å². The topological polar surface area (TPSA) is 173 Å². The number of nitrogens with one attached hydrogen (secondary N) is 1. The van der Waals surface area contributed by atoms with Crippen molar-refractivity contribution >= 4 is 21.6 Å². The number of aliphatic hydroxyl groups is 4. The molecule has 0 unspecified atom stereocenters. The molecule has 1 amide bonds. The van der Waals surface area contributed by atoms with E-state index in [1.165, 1.54) is 22.0 Å². The Labute approximate surface area is 365 Å². The van der Waals surface area contributed by atoms with Gasteiger partial charge in [0.05, 0.1) is 41.3 Å². The normalized spacial score (nSPS) is 39.6. The van der Waals surface area contributed by atoms with Gasteiger partial charge in [0.2, 0.25) is 15.9 Å². The van der Waals surface area contributed by atoms with Crippen LogP contribution < -0.4 is 11.1 Å². The molecule has 10 nitrogen and oxygen atoms in total. The van der Waals surface area contributed by atoms with Crippen LogP contribution >= 0.6 is 0 Å². The van der Waals surface area contributed by atoms with Crippen LogP contribution in [0.15, 0.2) is 71.1 Å². The van der Waals surface area contributed by atoms with E-state index in [2.05, 4.69) is 46.0 Å². The molecule has 338 valence electrons. The molecule has 0 heterocycles. The molecule has 0 radical (unpaired) electrons. The molecule has 0 saturated heterocycles. The smallest absolute Gasteiger partial charge is 0.243 e. The molecule has 2 aromatic carbocycles. The Bertz CT molecular complexity index is 2050. The minimum Gasteiger partial charge on any atom is -0.399 e. The number of allylic oxidation sites excluding steroid dienone is 2. The molecule has 61 heavy (non-hydrogen) atoms. The molecule has 4 saturated carbocycles. The Morgan fingerprint density at radius 3 is 2.23 bits per heavy atom. The summed E-state index contributed by atoms with van der Waals surface area (Å²) in [5, 5.41) is 49.0. The predicted octanol–water partition coefficient (Wildman–Crippen LogP) is 6.97. The summed E-state index contributed by atoms with van der Waals surface area (Å²) < 4.78 is 29.6. The first-order valence-electron chi connectivity index (χ1n) is 23.1. The summed E-state index contributed by atoms with van der Waals surface area (Å²) >= 11 is 0. The molecule has 4 fully saturated rings. The minimum atomic E-state index is -4.00. The lowest BCUT2D eigenvalue weighted by Crippen LogP contribution is -2.68. The zero-order chi connectivity index (χ0) is 44.5. The van der Waals surface area contributed by atoms with Gasteiger partial charge in [0.15, 0.2) is 0 Å². The Morgan fingerprint density at radius 2 is 1.59 bits per heavy atom. The molecule has 5 aliphatic carbocycles. The number of sulfonamides is 1. The molecule has 7 N–H and O–H groups in total. The second-order valence-corrected chi connectivity index (χ2v) is 23.7. The first-order chi connectivity index (χ1) is 28.6. The number of nitrogens with zero attached hydrogens (tertiary/aromatic N) is 1. The lowest BCUT2D eigenvalue weighted by Gasteiger charge is -2.72. The number of rotatable bonds is 12. The van der Waals surface area contributed by atoms with E-state index < -0.39 is 45.2 Å². The van der Waals surface area contributed by atoms with Crippen LogP contribution in [0.3, 0.4) is 0 Å². The first kappa shape index (κ1) is 46.2. The van der Waals surface area contributed by atoms with Crippen molar-refractivity contribution in [3.63, 3.8) is 0 Å². The number of hydrogen-bond donors (Lipinski definition) is 6. The van der Waals surface area contributed by atoms with Crippen LogP contribution in [0.4, 0.5) is 5.69 Å². The van der Waals surface area contributed by atoms with Crippen molar-refractivity contribution in [2.24, 2.45) is 62.6 Å². The zero-order valence-corrected chi connectivity index (χ0v) is 38.8. The van der Waals surface area contributed by atoms with Gasteiger partial charge < -0.3 is 31.5 Å². The van der Waals surface area contributed by atoms with Crippen LogP contribution in [0.5, 0.6) is 0 Å². The van der Waals surface area contributed by atoms with Crippen molar-refractivity contribution in [2.45, 2.75) is 142 Å². The average Bonchev–Trinajstić information content (AvgIpc) is 3.21. The average molecular weight is 862 g/mol. The third-order valence-electron chi connectivity index (χ3n) is 18.1. The fraction of sp³-hybridized carbons (Fsp3) is 0.700. The van der Waals surface area contributed by atoms with Gasteiger partial charge in [0, 0.05) is 24.2 Å². The van der Waals surface area contributed by atoms with Crippen LogP contribution in [0.25, 0.3) is 0 Å². The summed E-state index contributed by atoms with van der Waals surface area (Å²) in [6.07, 6.45) is 6.02. The highest BCUT2D eigenvalue weighted by molar-refractivity contribution is 7.89. The lowest BCUT2D eigenvalue weighted by atomic mass is 9.33.